The van der Waals surface area contributed by atoms with Crippen LogP contribution in [0.4, 0.5) is 5.69 Å². The maximum absolute atomic E-state index is 12.3. The first-order valence-electron chi connectivity index (χ1n) is 9.03. The number of rotatable bonds is 6. The Kier molecular flexibility index (Phi) is 5.29. The van der Waals surface area contributed by atoms with Crippen LogP contribution in [0.5, 0.6) is 17.2 Å². The molecule has 0 saturated carbocycles. The first kappa shape index (κ1) is 17.5. The van der Waals surface area contributed by atoms with Crippen molar-refractivity contribution in [1.82, 2.24) is 5.32 Å². The van der Waals surface area contributed by atoms with Gasteiger partial charge in [-0.1, -0.05) is 0 Å². The lowest BCUT2D eigenvalue weighted by atomic mass is 10.1. The zero-order chi connectivity index (χ0) is 18.5. The van der Waals surface area contributed by atoms with E-state index in [0.29, 0.717) is 30.2 Å². The van der Waals surface area contributed by atoms with Gasteiger partial charge >= 0.3 is 0 Å². The van der Waals surface area contributed by atoms with E-state index in [1.807, 2.05) is 36.4 Å². The molecule has 7 nitrogen and oxygen atoms in total. The van der Waals surface area contributed by atoms with E-state index in [0.717, 1.165) is 37.7 Å². The number of anilines is 1. The molecule has 2 aromatic carbocycles. The molecule has 27 heavy (non-hydrogen) atoms. The Bertz CT molecular complexity index is 787. The van der Waals surface area contributed by atoms with Gasteiger partial charge in [-0.3, -0.25) is 4.79 Å². The summed E-state index contributed by atoms with van der Waals surface area (Å²) in [5.74, 6) is 1.97. The van der Waals surface area contributed by atoms with Crippen molar-refractivity contribution in [3.8, 4) is 17.2 Å². The molecule has 2 aliphatic rings. The van der Waals surface area contributed by atoms with Crippen LogP contribution in [0.1, 0.15) is 10.4 Å². The Morgan fingerprint density at radius 1 is 1.04 bits per heavy atom. The van der Waals surface area contributed by atoms with Crippen molar-refractivity contribution in [2.45, 2.75) is 0 Å². The fourth-order valence-corrected chi connectivity index (χ4v) is 3.05. The molecule has 0 bridgehead atoms. The second-order valence-corrected chi connectivity index (χ2v) is 6.27. The largest absolute Gasteiger partial charge is 0.492 e. The Morgan fingerprint density at radius 3 is 2.63 bits per heavy atom. The highest BCUT2D eigenvalue weighted by Gasteiger charge is 2.14. The summed E-state index contributed by atoms with van der Waals surface area (Å²) < 4.78 is 21.6. The number of nitrogens with one attached hydrogen (secondary N) is 1. The number of fused-ring (bicyclic) bond motifs is 1. The van der Waals surface area contributed by atoms with Crippen LogP contribution in [0.15, 0.2) is 42.5 Å². The van der Waals surface area contributed by atoms with Crippen LogP contribution in [0.2, 0.25) is 0 Å². The van der Waals surface area contributed by atoms with E-state index in [1.165, 1.54) is 0 Å². The number of carbonyl (C=O) groups excluding carboxylic acids is 1. The van der Waals surface area contributed by atoms with Crippen LogP contribution in [0.25, 0.3) is 0 Å². The summed E-state index contributed by atoms with van der Waals surface area (Å²) >= 11 is 0. The number of nitrogens with zero attached hydrogens (tertiary/aromatic N) is 1. The van der Waals surface area contributed by atoms with E-state index in [9.17, 15) is 4.79 Å². The third-order valence-electron chi connectivity index (χ3n) is 4.51. The zero-order valence-electron chi connectivity index (χ0n) is 15.0. The summed E-state index contributed by atoms with van der Waals surface area (Å²) in [7, 11) is 0. The van der Waals surface area contributed by atoms with Gasteiger partial charge in [0.2, 0.25) is 6.79 Å². The maximum Gasteiger partial charge on any atom is 0.251 e. The highest BCUT2D eigenvalue weighted by Crippen LogP contribution is 2.34. The van der Waals surface area contributed by atoms with Crippen molar-refractivity contribution in [2.75, 3.05) is 51.1 Å². The van der Waals surface area contributed by atoms with Gasteiger partial charge in [-0.15, -0.1) is 0 Å². The number of benzene rings is 2. The second kappa shape index (κ2) is 8.18. The van der Waals surface area contributed by atoms with Crippen molar-refractivity contribution >= 4 is 11.6 Å². The lowest BCUT2D eigenvalue weighted by Crippen LogP contribution is -2.36. The Hall–Kier alpha value is -2.93. The predicted octanol–water partition coefficient (Wildman–Crippen LogP) is 2.06. The van der Waals surface area contributed by atoms with E-state index >= 15 is 0 Å². The maximum atomic E-state index is 12.3. The van der Waals surface area contributed by atoms with Gasteiger partial charge < -0.3 is 29.2 Å². The third-order valence-corrected chi connectivity index (χ3v) is 4.51. The van der Waals surface area contributed by atoms with Crippen molar-refractivity contribution in [2.24, 2.45) is 0 Å². The second-order valence-electron chi connectivity index (χ2n) is 6.27. The molecule has 1 amide bonds. The van der Waals surface area contributed by atoms with Gasteiger partial charge in [0.25, 0.3) is 5.91 Å². The molecule has 0 spiro atoms. The molecule has 1 saturated heterocycles. The molecule has 2 aromatic rings. The van der Waals surface area contributed by atoms with Gasteiger partial charge in [0.1, 0.15) is 12.4 Å². The number of hydrogen-bond donors (Lipinski definition) is 1. The van der Waals surface area contributed by atoms with Gasteiger partial charge in [0, 0.05) is 30.4 Å². The predicted molar refractivity (Wildman–Crippen MR) is 99.9 cm³/mol. The van der Waals surface area contributed by atoms with Gasteiger partial charge in [0.05, 0.1) is 19.8 Å². The number of morpholine rings is 1. The summed E-state index contributed by atoms with van der Waals surface area (Å²) in [5.41, 5.74) is 1.75. The first-order chi connectivity index (χ1) is 13.3. The number of amides is 1. The normalized spacial score (nSPS) is 15.5. The minimum atomic E-state index is -0.113. The fraction of sp³-hybridized carbons (Fsp3) is 0.350. The van der Waals surface area contributed by atoms with Crippen LogP contribution in [-0.4, -0.2) is 52.2 Å². The van der Waals surface area contributed by atoms with E-state index < -0.39 is 0 Å². The third kappa shape index (κ3) is 4.25. The number of hydrogen-bond acceptors (Lipinski definition) is 6. The van der Waals surface area contributed by atoms with Crippen molar-refractivity contribution in [3.63, 3.8) is 0 Å². The van der Waals surface area contributed by atoms with Gasteiger partial charge in [0.15, 0.2) is 11.5 Å². The Morgan fingerprint density at radius 2 is 1.81 bits per heavy atom. The molecule has 4 rings (SSSR count). The molecule has 2 aliphatic heterocycles. The molecular weight excluding hydrogens is 348 g/mol. The van der Waals surface area contributed by atoms with E-state index in [2.05, 4.69) is 10.2 Å². The molecule has 2 heterocycles. The lowest BCUT2D eigenvalue weighted by molar-refractivity contribution is 0.0947. The van der Waals surface area contributed by atoms with E-state index in [-0.39, 0.29) is 12.7 Å². The average molecular weight is 370 g/mol. The lowest BCUT2D eigenvalue weighted by Gasteiger charge is -2.28. The molecule has 0 unspecified atom stereocenters. The molecule has 1 N–H and O–H groups in total. The van der Waals surface area contributed by atoms with Crippen molar-refractivity contribution < 1.29 is 23.7 Å². The standard InChI is InChI=1S/C20H22N2O5/c23-20(15-1-3-16(4-2-15)22-8-11-24-12-9-22)21-7-10-25-17-5-6-18-19(13-17)27-14-26-18/h1-6,13H,7-12,14H2,(H,21,23). The quantitative estimate of drug-likeness (QED) is 0.785. The summed E-state index contributed by atoms with van der Waals surface area (Å²) in [6.07, 6.45) is 0. The fourth-order valence-electron chi connectivity index (χ4n) is 3.05. The minimum absolute atomic E-state index is 0.113. The van der Waals surface area contributed by atoms with Gasteiger partial charge in [-0.2, -0.15) is 0 Å². The molecule has 1 fully saturated rings. The van der Waals surface area contributed by atoms with Gasteiger partial charge in [-0.05, 0) is 36.4 Å². The average Bonchev–Trinajstić information content (AvgIpc) is 3.20. The minimum Gasteiger partial charge on any atom is -0.492 e. The summed E-state index contributed by atoms with van der Waals surface area (Å²) in [6.45, 7) is 4.26. The van der Waals surface area contributed by atoms with Crippen LogP contribution in [-0.2, 0) is 4.74 Å². The highest BCUT2D eigenvalue weighted by molar-refractivity contribution is 5.94. The van der Waals surface area contributed by atoms with Gasteiger partial charge in [-0.25, -0.2) is 0 Å². The van der Waals surface area contributed by atoms with Crippen LogP contribution >= 0.6 is 0 Å². The summed E-state index contributed by atoms with van der Waals surface area (Å²) in [6, 6.07) is 13.1. The van der Waals surface area contributed by atoms with Crippen LogP contribution in [0.3, 0.4) is 0 Å². The van der Waals surface area contributed by atoms with Crippen molar-refractivity contribution in [3.05, 3.63) is 48.0 Å². The SMILES string of the molecule is O=C(NCCOc1ccc2c(c1)OCO2)c1ccc(N2CCOCC2)cc1. The molecule has 0 atom stereocenters. The van der Waals surface area contributed by atoms with E-state index in [4.69, 9.17) is 18.9 Å². The zero-order valence-corrected chi connectivity index (χ0v) is 15.0. The Balaban J connectivity index is 1.23. The smallest absolute Gasteiger partial charge is 0.251 e. The number of carbonyl (C=O) groups is 1. The molecule has 7 heteroatoms. The molecule has 0 aromatic heterocycles. The van der Waals surface area contributed by atoms with Crippen LogP contribution < -0.4 is 24.4 Å². The van der Waals surface area contributed by atoms with E-state index in [1.54, 1.807) is 6.07 Å². The summed E-state index contributed by atoms with van der Waals surface area (Å²) in [4.78, 5) is 14.5. The summed E-state index contributed by atoms with van der Waals surface area (Å²) in [5, 5.41) is 2.87. The molecule has 0 radical (unpaired) electrons. The van der Waals surface area contributed by atoms with Crippen LogP contribution in [0, 0.1) is 0 Å². The Labute approximate surface area is 157 Å². The first-order valence-corrected chi connectivity index (χ1v) is 9.03. The number of ether oxygens (including phenoxy) is 4. The molecule has 142 valence electrons. The molecule has 0 aliphatic carbocycles. The highest BCUT2D eigenvalue weighted by atomic mass is 16.7. The van der Waals surface area contributed by atoms with Crippen molar-refractivity contribution in [1.29, 1.82) is 0 Å². The monoisotopic (exact) mass is 370 g/mol. The topological polar surface area (TPSA) is 69.3 Å². The molecular formula is C20H22N2O5.